The van der Waals surface area contributed by atoms with Crippen molar-refractivity contribution in [2.24, 2.45) is 11.8 Å². The molecule has 2 aliphatic carbocycles. The zero-order valence-electron chi connectivity index (χ0n) is 4.07. The second-order valence-corrected chi connectivity index (χ2v) is 2.19. The number of hydrogen-bond donors (Lipinski definition) is 2. The molecule has 1 saturated carbocycles. The lowest BCUT2D eigenvalue weighted by Gasteiger charge is -1.91. The topological polar surface area (TPSA) is 38.0 Å². The molecule has 0 saturated heterocycles. The Bertz CT molecular complexity index is 137. The molecule has 0 aromatic carbocycles. The number of nitrogens with one attached hydrogen (secondary N) is 1. The molecule has 0 unspecified atom stereocenters. The molecule has 0 heterocycles. The van der Waals surface area contributed by atoms with Gasteiger partial charge in [0.15, 0.2) is 0 Å². The van der Waals surface area contributed by atoms with E-state index in [9.17, 15) is 0 Å². The van der Waals surface area contributed by atoms with E-state index in [0.29, 0.717) is 0 Å². The fourth-order valence-electron chi connectivity index (χ4n) is 1.01. The Labute approximate surface area is 42.4 Å². The van der Waals surface area contributed by atoms with Crippen LogP contribution in [-0.2, 0) is 0 Å². The summed E-state index contributed by atoms with van der Waals surface area (Å²) in [5.41, 5.74) is 5.87. The van der Waals surface area contributed by atoms with Gasteiger partial charge in [0.05, 0.1) is 0 Å². The van der Waals surface area contributed by atoms with E-state index in [0.717, 1.165) is 12.5 Å². The monoisotopic (exact) mass is 96.1 g/mol. The molecule has 1 fully saturated rings. The van der Waals surface area contributed by atoms with Crippen molar-refractivity contribution in [3.05, 3.63) is 11.1 Å². The maximum absolute atomic E-state index is 5.07. The molecule has 3 N–H and O–H groups in total. The summed E-state index contributed by atoms with van der Waals surface area (Å²) in [4.78, 5) is 0. The fourth-order valence-corrected chi connectivity index (χ4v) is 1.01. The average molecular weight is 96.1 g/mol. The van der Waals surface area contributed by atoms with E-state index in [2.05, 4.69) is 5.43 Å². The number of hydrogen-bond acceptors (Lipinski definition) is 2. The molecule has 0 radical (unpaired) electrons. The fraction of sp³-hybridized carbons (Fsp3) is 0.600. The van der Waals surface area contributed by atoms with Crippen LogP contribution in [0.4, 0.5) is 0 Å². The lowest BCUT2D eigenvalue weighted by atomic mass is 10.3. The third kappa shape index (κ3) is 0.353. The first-order valence-corrected chi connectivity index (χ1v) is 2.58. The summed E-state index contributed by atoms with van der Waals surface area (Å²) in [6.07, 6.45) is 1.37. The number of nitrogens with two attached hydrogens (primary N) is 1. The Hall–Kier alpha value is -0.340. The summed E-state index contributed by atoms with van der Waals surface area (Å²) < 4.78 is 0. The van der Waals surface area contributed by atoms with Crippen LogP contribution in [0.3, 0.4) is 0 Å². The molecule has 0 aromatic rings. The Morgan fingerprint density at radius 2 is 2.57 bits per heavy atom. The van der Waals surface area contributed by atoms with Gasteiger partial charge in [-0.25, -0.2) is 0 Å². The molecule has 2 nitrogen and oxygen atoms in total. The summed E-state index contributed by atoms with van der Waals surface area (Å²) in [6.45, 7) is 0.931. The van der Waals surface area contributed by atoms with Crippen LogP contribution in [0.5, 0.6) is 0 Å². The number of fused-ring (bicyclic) bond motifs is 1. The maximum atomic E-state index is 5.07. The van der Waals surface area contributed by atoms with Gasteiger partial charge in [-0.15, -0.1) is 0 Å². The number of hydrazine groups is 1. The zero-order valence-corrected chi connectivity index (χ0v) is 4.07. The largest absolute Gasteiger partial charge is 0.271 e. The molecule has 0 amide bonds. The minimum atomic E-state index is 0.927. The van der Waals surface area contributed by atoms with Crippen LogP contribution in [0.1, 0.15) is 6.42 Å². The predicted molar refractivity (Wildman–Crippen MR) is 27.3 cm³/mol. The lowest BCUT2D eigenvalue weighted by Crippen LogP contribution is -2.23. The van der Waals surface area contributed by atoms with Gasteiger partial charge in [0.2, 0.25) is 0 Å². The minimum Gasteiger partial charge on any atom is -0.271 e. The summed E-state index contributed by atoms with van der Waals surface area (Å²) >= 11 is 0. The van der Waals surface area contributed by atoms with E-state index in [4.69, 9.17) is 5.84 Å². The Kier molecular flexibility index (Phi) is 0.470. The quantitative estimate of drug-likeness (QED) is 0.283. The first kappa shape index (κ1) is 3.64. The van der Waals surface area contributed by atoms with E-state index < -0.39 is 0 Å². The molecule has 2 heteroatoms. The van der Waals surface area contributed by atoms with Gasteiger partial charge < -0.3 is 0 Å². The van der Waals surface area contributed by atoms with Gasteiger partial charge in [-0.2, -0.15) is 0 Å². The standard InChI is InChI=1S/C5H8N2/c6-7-2-5-3-1-4(3)5/h3,7H,1-2,6H2/t3-/m0/s1. The second kappa shape index (κ2) is 0.904. The molecule has 0 bridgehead atoms. The van der Waals surface area contributed by atoms with Crippen LogP contribution < -0.4 is 11.3 Å². The van der Waals surface area contributed by atoms with Crippen molar-refractivity contribution < 1.29 is 0 Å². The Balaban J connectivity index is 1.90. The van der Waals surface area contributed by atoms with Crippen LogP contribution >= 0.6 is 0 Å². The SMILES string of the molecule is NNCC1=C2C[C@H]12. The highest BCUT2D eigenvalue weighted by Gasteiger charge is 2.49. The molecule has 7 heavy (non-hydrogen) atoms. The zero-order chi connectivity index (χ0) is 4.85. The number of rotatable bonds is 2. The molecule has 0 aromatic heterocycles. The molecule has 38 valence electrons. The lowest BCUT2D eigenvalue weighted by molar-refractivity contribution is 0.783. The van der Waals surface area contributed by atoms with Crippen molar-refractivity contribution in [3.63, 3.8) is 0 Å². The van der Waals surface area contributed by atoms with Crippen molar-refractivity contribution in [1.29, 1.82) is 0 Å². The molecular weight excluding hydrogens is 88.1 g/mol. The summed E-state index contributed by atoms with van der Waals surface area (Å²) in [7, 11) is 0. The third-order valence-electron chi connectivity index (χ3n) is 1.73. The molecule has 2 rings (SSSR count). The highest BCUT2D eigenvalue weighted by atomic mass is 15.2. The van der Waals surface area contributed by atoms with Crippen LogP contribution in [-0.4, -0.2) is 6.54 Å². The molecule has 2 aliphatic rings. The van der Waals surface area contributed by atoms with Crippen molar-refractivity contribution in [2.45, 2.75) is 6.42 Å². The van der Waals surface area contributed by atoms with Gasteiger partial charge in [0, 0.05) is 12.5 Å². The van der Waals surface area contributed by atoms with E-state index in [1.807, 2.05) is 0 Å². The van der Waals surface area contributed by atoms with Gasteiger partial charge in [-0.3, -0.25) is 11.3 Å². The van der Waals surface area contributed by atoms with Crippen molar-refractivity contribution in [1.82, 2.24) is 5.43 Å². The molecular formula is C5H8N2. The van der Waals surface area contributed by atoms with E-state index in [-0.39, 0.29) is 0 Å². The second-order valence-electron chi connectivity index (χ2n) is 2.19. The first-order chi connectivity index (χ1) is 3.43. The van der Waals surface area contributed by atoms with Crippen LogP contribution in [0.2, 0.25) is 0 Å². The van der Waals surface area contributed by atoms with Gasteiger partial charge >= 0.3 is 0 Å². The summed E-state index contributed by atoms with van der Waals surface area (Å²) in [5.74, 6) is 5.99. The summed E-state index contributed by atoms with van der Waals surface area (Å²) in [5, 5.41) is 0. The van der Waals surface area contributed by atoms with Crippen LogP contribution in [0.25, 0.3) is 0 Å². The summed E-state index contributed by atoms with van der Waals surface area (Å²) in [6, 6.07) is 0. The molecule has 0 spiro atoms. The maximum Gasteiger partial charge on any atom is 0.0316 e. The van der Waals surface area contributed by atoms with E-state index in [1.165, 1.54) is 6.42 Å². The van der Waals surface area contributed by atoms with Gasteiger partial charge in [-0.05, 0) is 12.0 Å². The number of allylic oxidation sites excluding steroid dienone is 1. The van der Waals surface area contributed by atoms with Crippen molar-refractivity contribution >= 4 is 0 Å². The van der Waals surface area contributed by atoms with Crippen molar-refractivity contribution in [3.8, 4) is 0 Å². The van der Waals surface area contributed by atoms with Crippen LogP contribution in [0.15, 0.2) is 11.1 Å². The highest BCUT2D eigenvalue weighted by Crippen LogP contribution is 2.60. The van der Waals surface area contributed by atoms with Gasteiger partial charge in [0.1, 0.15) is 0 Å². The molecule has 1 atom stereocenters. The third-order valence-corrected chi connectivity index (χ3v) is 1.73. The minimum absolute atomic E-state index is 0.927. The van der Waals surface area contributed by atoms with Crippen molar-refractivity contribution in [2.75, 3.05) is 6.54 Å². The smallest absolute Gasteiger partial charge is 0.0316 e. The van der Waals surface area contributed by atoms with Gasteiger partial charge in [0.25, 0.3) is 0 Å². The van der Waals surface area contributed by atoms with E-state index >= 15 is 0 Å². The van der Waals surface area contributed by atoms with Gasteiger partial charge in [-0.1, -0.05) is 5.57 Å². The highest BCUT2D eigenvalue weighted by molar-refractivity contribution is 5.56. The molecule has 0 aliphatic heterocycles. The Morgan fingerprint density at radius 3 is 2.71 bits per heavy atom. The normalized spacial score (nSPS) is 33.0. The Morgan fingerprint density at radius 1 is 1.86 bits per heavy atom. The predicted octanol–water partition coefficient (Wildman–Crippen LogP) is -0.220. The average Bonchev–Trinajstić information content (AvgIpc) is 2.41. The van der Waals surface area contributed by atoms with E-state index in [1.54, 1.807) is 11.1 Å². The first-order valence-electron chi connectivity index (χ1n) is 2.58. The van der Waals surface area contributed by atoms with Crippen LogP contribution in [0, 0.1) is 5.92 Å².